The van der Waals surface area contributed by atoms with Crippen LogP contribution in [0.15, 0.2) is 133 Å². The molecule has 0 spiro atoms. The molecule has 0 saturated heterocycles. The van der Waals surface area contributed by atoms with Crippen molar-refractivity contribution in [2.75, 3.05) is 0 Å². The molecule has 33 heavy (non-hydrogen) atoms. The summed E-state index contributed by atoms with van der Waals surface area (Å²) in [5, 5.41) is 0. The minimum Gasteiger partial charge on any atom is -0.337 e. The average Bonchev–Trinajstić information content (AvgIpc) is 3.56. The fourth-order valence-electron chi connectivity index (χ4n) is 2.64. The SMILES string of the molecule is C[Si](C)(C)[C-]=C=CCC(=[C-]c1ccccc1)c1ccccc1.[Zr+4].c1cc[cH-]c1.c1cc[cH-]c1. The summed E-state index contributed by atoms with van der Waals surface area (Å²) in [4.78, 5) is 0. The van der Waals surface area contributed by atoms with Crippen LogP contribution in [0.2, 0.25) is 19.6 Å². The summed E-state index contributed by atoms with van der Waals surface area (Å²) in [6.45, 7) is 6.79. The van der Waals surface area contributed by atoms with E-state index in [1.54, 1.807) is 0 Å². The average molecular weight is 524 g/mol. The van der Waals surface area contributed by atoms with Gasteiger partial charge in [0.05, 0.1) is 0 Å². The Kier molecular flexibility index (Phi) is 14.7. The van der Waals surface area contributed by atoms with Crippen molar-refractivity contribution in [3.63, 3.8) is 0 Å². The zero-order valence-corrected chi connectivity index (χ0v) is 23.3. The fourth-order valence-corrected chi connectivity index (χ4v) is 3.17. The standard InChI is InChI=1S/C21H22Si.2C5H5.Zr/c1-22(2,3)17-11-10-16-21(20-14-8-5-9-15-20)18-19-12-6-4-7-13-19;2*1-2-4-5-3-1;/h4-10,12-15H,16H2,1-3H3;2*1-5H;/q-2;2*-1;+4. The number of rotatable bonds is 5. The first-order chi connectivity index (χ1) is 15.5. The van der Waals surface area contributed by atoms with Crippen LogP contribution in [-0.4, -0.2) is 8.07 Å². The zero-order valence-electron chi connectivity index (χ0n) is 19.8. The van der Waals surface area contributed by atoms with Gasteiger partial charge >= 0.3 is 26.2 Å². The van der Waals surface area contributed by atoms with E-state index in [0.29, 0.717) is 0 Å². The van der Waals surface area contributed by atoms with Crippen LogP contribution in [0.1, 0.15) is 17.5 Å². The second kappa shape index (κ2) is 17.0. The van der Waals surface area contributed by atoms with E-state index in [0.717, 1.165) is 12.0 Å². The maximum Gasteiger partial charge on any atom is 4.00 e. The molecule has 2 heteroatoms. The number of hydrogen-bond acceptors (Lipinski definition) is 0. The molecule has 0 N–H and O–H groups in total. The van der Waals surface area contributed by atoms with Gasteiger partial charge in [-0.15, -0.1) is 41.5 Å². The van der Waals surface area contributed by atoms with Crippen LogP contribution in [-0.2, 0) is 26.2 Å². The first kappa shape index (κ1) is 28.5. The van der Waals surface area contributed by atoms with Crippen LogP contribution >= 0.6 is 0 Å². The minimum atomic E-state index is -1.30. The van der Waals surface area contributed by atoms with Crippen molar-refractivity contribution in [3.05, 3.63) is 156 Å². The van der Waals surface area contributed by atoms with Crippen molar-refractivity contribution in [1.82, 2.24) is 0 Å². The van der Waals surface area contributed by atoms with Gasteiger partial charge < -0.3 is 5.73 Å². The summed E-state index contributed by atoms with van der Waals surface area (Å²) in [5.41, 5.74) is 10.1. The Labute approximate surface area is 220 Å². The Bertz CT molecular complexity index is 969. The first-order valence-corrected chi connectivity index (χ1v) is 14.5. The van der Waals surface area contributed by atoms with Gasteiger partial charge in [0, 0.05) is 0 Å². The number of hydrogen-bond donors (Lipinski definition) is 0. The topological polar surface area (TPSA) is 0 Å². The molecule has 0 amide bonds. The molecule has 4 rings (SSSR count). The number of benzene rings is 2. The summed E-state index contributed by atoms with van der Waals surface area (Å²) in [6, 6.07) is 40.7. The van der Waals surface area contributed by atoms with Gasteiger partial charge in [0.25, 0.3) is 0 Å². The Morgan fingerprint density at radius 3 is 1.67 bits per heavy atom. The van der Waals surface area contributed by atoms with Crippen molar-refractivity contribution in [1.29, 1.82) is 0 Å². The molecule has 0 aromatic heterocycles. The largest absolute Gasteiger partial charge is 4.00 e. The summed E-state index contributed by atoms with van der Waals surface area (Å²) in [5.74, 6) is 0. The second-order valence-corrected chi connectivity index (χ2v) is 12.9. The normalized spacial score (nSPS) is 10.2. The van der Waals surface area contributed by atoms with Crippen LogP contribution < -0.4 is 0 Å². The molecule has 0 heterocycles. The maximum atomic E-state index is 3.52. The molecule has 0 aliphatic rings. The molecule has 164 valence electrons. The second-order valence-electron chi connectivity index (χ2n) is 8.19. The molecule has 0 radical (unpaired) electrons. The molecular weight excluding hydrogens is 492 g/mol. The molecule has 0 saturated carbocycles. The Morgan fingerprint density at radius 1 is 0.758 bits per heavy atom. The molecule has 0 fully saturated rings. The van der Waals surface area contributed by atoms with Gasteiger partial charge in [-0.25, -0.2) is 30.0 Å². The minimum absolute atomic E-state index is 0. The first-order valence-electron chi connectivity index (χ1n) is 11.0. The van der Waals surface area contributed by atoms with Crippen LogP contribution in [0.4, 0.5) is 0 Å². The summed E-state index contributed by atoms with van der Waals surface area (Å²) in [7, 11) is -1.30. The van der Waals surface area contributed by atoms with Gasteiger partial charge in [0.15, 0.2) is 0 Å². The van der Waals surface area contributed by atoms with Crippen molar-refractivity contribution in [2.24, 2.45) is 0 Å². The maximum absolute atomic E-state index is 3.52. The molecule has 0 bridgehead atoms. The molecule has 0 atom stereocenters. The predicted octanol–water partition coefficient (Wildman–Crippen LogP) is 8.51. The Morgan fingerprint density at radius 2 is 1.24 bits per heavy atom. The molecule has 0 aliphatic heterocycles. The van der Waals surface area contributed by atoms with Gasteiger partial charge in [-0.1, -0.05) is 68.0 Å². The van der Waals surface area contributed by atoms with Crippen LogP contribution in [0.5, 0.6) is 0 Å². The van der Waals surface area contributed by atoms with E-state index in [4.69, 9.17) is 0 Å². The predicted molar refractivity (Wildman–Crippen MR) is 142 cm³/mol. The zero-order chi connectivity index (χ0) is 22.9. The quantitative estimate of drug-likeness (QED) is 0.106. The molecule has 0 nitrogen and oxygen atoms in total. The third kappa shape index (κ3) is 14.3. The van der Waals surface area contributed by atoms with Crippen molar-refractivity contribution in [3.8, 4) is 0 Å². The summed E-state index contributed by atoms with van der Waals surface area (Å²) < 4.78 is 0. The van der Waals surface area contributed by atoms with Crippen LogP contribution in [0.3, 0.4) is 0 Å². The van der Waals surface area contributed by atoms with E-state index in [-0.39, 0.29) is 26.2 Å². The van der Waals surface area contributed by atoms with Gasteiger partial charge in [-0.3, -0.25) is 0 Å². The van der Waals surface area contributed by atoms with E-state index in [1.807, 2.05) is 84.9 Å². The molecule has 4 aromatic carbocycles. The molecule has 4 aromatic rings. The van der Waals surface area contributed by atoms with Crippen molar-refractivity contribution >= 4 is 13.6 Å². The van der Waals surface area contributed by atoms with Crippen LogP contribution in [0.25, 0.3) is 5.57 Å². The van der Waals surface area contributed by atoms with E-state index in [2.05, 4.69) is 79.6 Å². The summed E-state index contributed by atoms with van der Waals surface area (Å²) in [6.07, 6.45) is 6.40. The molecular formula is C31H32SiZr. The van der Waals surface area contributed by atoms with Gasteiger partial charge in [-0.2, -0.15) is 42.5 Å². The smallest absolute Gasteiger partial charge is 0.337 e. The van der Waals surface area contributed by atoms with Crippen molar-refractivity contribution in [2.45, 2.75) is 26.1 Å². The van der Waals surface area contributed by atoms with Gasteiger partial charge in [-0.05, 0) is 8.07 Å². The van der Waals surface area contributed by atoms with Crippen LogP contribution in [0, 0.1) is 11.8 Å². The summed E-state index contributed by atoms with van der Waals surface area (Å²) >= 11 is 0. The number of allylic oxidation sites excluding steroid dienone is 2. The third-order valence-corrected chi connectivity index (χ3v) is 5.05. The Balaban J connectivity index is 0.000000404. The Hall–Kier alpha value is -2.50. The van der Waals surface area contributed by atoms with E-state index >= 15 is 0 Å². The third-order valence-electron chi connectivity index (χ3n) is 4.16. The van der Waals surface area contributed by atoms with Gasteiger partial charge in [0.1, 0.15) is 0 Å². The van der Waals surface area contributed by atoms with E-state index < -0.39 is 8.07 Å². The van der Waals surface area contributed by atoms with E-state index in [1.165, 1.54) is 11.1 Å². The van der Waals surface area contributed by atoms with Gasteiger partial charge in [0.2, 0.25) is 0 Å². The van der Waals surface area contributed by atoms with E-state index in [9.17, 15) is 0 Å². The monoisotopic (exact) mass is 522 g/mol. The molecule has 0 unspecified atom stereocenters. The molecule has 0 aliphatic carbocycles. The van der Waals surface area contributed by atoms with Crippen molar-refractivity contribution < 1.29 is 26.2 Å². The fraction of sp³-hybridized carbons (Fsp3) is 0.129.